The Morgan fingerprint density at radius 3 is 2.53 bits per heavy atom. The number of nitrogens with two attached hydrogens (primary N) is 1. The maximum absolute atomic E-state index is 13.5. The van der Waals surface area contributed by atoms with Crippen molar-refractivity contribution in [1.82, 2.24) is 19.4 Å². The second kappa shape index (κ2) is 11.4. The molecule has 196 valence electrons. The fourth-order valence-corrected chi connectivity index (χ4v) is 5.52. The summed E-state index contributed by atoms with van der Waals surface area (Å²) in [6.45, 7) is 10.2. The van der Waals surface area contributed by atoms with Gasteiger partial charge in [0.15, 0.2) is 5.69 Å². The Bertz CT molecular complexity index is 1150. The van der Waals surface area contributed by atoms with Crippen molar-refractivity contribution < 1.29 is 9.53 Å². The first-order valence-corrected chi connectivity index (χ1v) is 12.9. The first-order valence-electron chi connectivity index (χ1n) is 12.9. The molecule has 0 radical (unpaired) electrons. The molecule has 0 saturated carbocycles. The quantitative estimate of drug-likeness (QED) is 0.560. The monoisotopic (exact) mass is 498 g/mol. The number of likely N-dealkylation sites (N-methyl/N-ethyl adjacent to an activating group) is 1. The molecule has 3 unspecified atom stereocenters. The van der Waals surface area contributed by atoms with Gasteiger partial charge in [0.1, 0.15) is 5.82 Å². The molecule has 1 aromatic heterocycles. The van der Waals surface area contributed by atoms with Crippen LogP contribution in [-0.4, -0.2) is 82.8 Å². The van der Waals surface area contributed by atoms with Crippen LogP contribution in [0.25, 0.3) is 0 Å². The number of nitrogens with one attached hydrogen (secondary N) is 1. The number of anilines is 2. The molecule has 0 spiro atoms. The van der Waals surface area contributed by atoms with Gasteiger partial charge < -0.3 is 15.4 Å². The first kappa shape index (κ1) is 26.1. The van der Waals surface area contributed by atoms with E-state index in [1.807, 2.05) is 30.3 Å². The average Bonchev–Trinajstić information content (AvgIpc) is 3.25. The SMILES string of the molecule is CCN(C(=O)CN1CCCC1CN1CC(C)OC(C)C1)c1c(N)n(Cc2ccccc2)c(=O)[nH]c1=O. The molecule has 2 aromatic rings. The van der Waals surface area contributed by atoms with E-state index in [-0.39, 0.29) is 55.3 Å². The number of carbonyl (C=O) groups is 1. The molecule has 0 bridgehead atoms. The zero-order valence-corrected chi connectivity index (χ0v) is 21.5. The largest absolute Gasteiger partial charge is 0.383 e. The summed E-state index contributed by atoms with van der Waals surface area (Å²) in [5, 5.41) is 0. The molecule has 2 fully saturated rings. The van der Waals surface area contributed by atoms with Gasteiger partial charge in [-0.3, -0.25) is 28.9 Å². The Labute approximate surface area is 211 Å². The minimum absolute atomic E-state index is 0.00272. The van der Waals surface area contributed by atoms with Crippen LogP contribution in [0, 0.1) is 0 Å². The second-order valence-electron chi connectivity index (χ2n) is 9.95. The van der Waals surface area contributed by atoms with Crippen molar-refractivity contribution in [2.75, 3.05) is 49.9 Å². The molecule has 3 N–H and O–H groups in total. The maximum Gasteiger partial charge on any atom is 0.330 e. The molecule has 4 rings (SSSR count). The zero-order chi connectivity index (χ0) is 25.8. The summed E-state index contributed by atoms with van der Waals surface area (Å²) in [6, 6.07) is 9.65. The van der Waals surface area contributed by atoms with E-state index in [2.05, 4.69) is 28.6 Å². The lowest BCUT2D eigenvalue weighted by atomic mass is 10.1. The zero-order valence-electron chi connectivity index (χ0n) is 21.5. The summed E-state index contributed by atoms with van der Waals surface area (Å²) < 4.78 is 7.17. The summed E-state index contributed by atoms with van der Waals surface area (Å²) in [6.07, 6.45) is 2.46. The Morgan fingerprint density at radius 2 is 1.86 bits per heavy atom. The van der Waals surface area contributed by atoms with Gasteiger partial charge in [0.2, 0.25) is 5.91 Å². The molecular formula is C26H38N6O4. The van der Waals surface area contributed by atoms with E-state index in [1.165, 1.54) is 9.47 Å². The van der Waals surface area contributed by atoms with Gasteiger partial charge in [-0.15, -0.1) is 0 Å². The fourth-order valence-electron chi connectivity index (χ4n) is 5.52. The van der Waals surface area contributed by atoms with E-state index in [0.717, 1.165) is 44.6 Å². The molecule has 2 saturated heterocycles. The van der Waals surface area contributed by atoms with Gasteiger partial charge in [0.25, 0.3) is 5.56 Å². The molecule has 3 atom stereocenters. The molecule has 36 heavy (non-hydrogen) atoms. The number of H-pyrrole nitrogens is 1. The predicted octanol–water partition coefficient (Wildman–Crippen LogP) is 1.09. The number of benzene rings is 1. The Morgan fingerprint density at radius 1 is 1.17 bits per heavy atom. The number of rotatable bonds is 8. The van der Waals surface area contributed by atoms with Crippen LogP contribution >= 0.6 is 0 Å². The van der Waals surface area contributed by atoms with Crippen LogP contribution in [0.1, 0.15) is 39.2 Å². The van der Waals surface area contributed by atoms with Crippen molar-refractivity contribution in [3.8, 4) is 0 Å². The molecule has 2 aliphatic heterocycles. The number of nitrogens with zero attached hydrogens (tertiary/aromatic N) is 4. The average molecular weight is 499 g/mol. The van der Waals surface area contributed by atoms with Crippen molar-refractivity contribution in [3.63, 3.8) is 0 Å². The highest BCUT2D eigenvalue weighted by Crippen LogP contribution is 2.23. The number of aromatic amines is 1. The lowest BCUT2D eigenvalue weighted by Crippen LogP contribution is -2.51. The number of hydrogen-bond donors (Lipinski definition) is 2. The lowest BCUT2D eigenvalue weighted by Gasteiger charge is -2.38. The third-order valence-electron chi connectivity index (χ3n) is 7.09. The van der Waals surface area contributed by atoms with Crippen LogP contribution in [-0.2, 0) is 16.1 Å². The van der Waals surface area contributed by atoms with Crippen LogP contribution in [0.15, 0.2) is 39.9 Å². The van der Waals surface area contributed by atoms with Gasteiger partial charge >= 0.3 is 5.69 Å². The fraction of sp³-hybridized carbons (Fsp3) is 0.577. The highest BCUT2D eigenvalue weighted by Gasteiger charge is 2.32. The number of aromatic nitrogens is 2. The molecule has 2 aliphatic rings. The van der Waals surface area contributed by atoms with Gasteiger partial charge in [-0.2, -0.15) is 0 Å². The highest BCUT2D eigenvalue weighted by atomic mass is 16.5. The van der Waals surface area contributed by atoms with Gasteiger partial charge in [-0.05, 0) is 45.7 Å². The Hall–Kier alpha value is -2.95. The van der Waals surface area contributed by atoms with Gasteiger partial charge in [0, 0.05) is 32.2 Å². The smallest absolute Gasteiger partial charge is 0.330 e. The molecule has 3 heterocycles. The van der Waals surface area contributed by atoms with Gasteiger partial charge in [-0.1, -0.05) is 30.3 Å². The van der Waals surface area contributed by atoms with E-state index >= 15 is 0 Å². The summed E-state index contributed by atoms with van der Waals surface area (Å²) in [5.41, 5.74) is 6.01. The Balaban J connectivity index is 1.51. The number of hydrogen-bond acceptors (Lipinski definition) is 7. The number of ether oxygens (including phenoxy) is 1. The number of morpholine rings is 1. The summed E-state index contributed by atoms with van der Waals surface area (Å²) in [7, 11) is 0. The van der Waals surface area contributed by atoms with Crippen LogP contribution in [0.2, 0.25) is 0 Å². The minimum Gasteiger partial charge on any atom is -0.383 e. The lowest BCUT2D eigenvalue weighted by molar-refractivity contribution is -0.120. The third kappa shape index (κ3) is 5.88. The molecule has 1 aromatic carbocycles. The van der Waals surface area contributed by atoms with Crippen LogP contribution in [0.5, 0.6) is 0 Å². The van der Waals surface area contributed by atoms with Crippen molar-refractivity contribution >= 4 is 17.4 Å². The molecule has 0 aliphatic carbocycles. The molecule has 1 amide bonds. The first-order chi connectivity index (χ1) is 17.3. The van der Waals surface area contributed by atoms with Crippen LogP contribution in [0.3, 0.4) is 0 Å². The van der Waals surface area contributed by atoms with Crippen LogP contribution < -0.4 is 21.9 Å². The standard InChI is InChI=1S/C26H38N6O4/c1-4-31(23-24(27)32(26(35)28-25(23)34)15-20-9-6-5-7-10-20)22(33)17-30-12-8-11-21(30)16-29-13-18(2)36-19(3)14-29/h5-7,9-10,18-19,21H,4,8,11-17,27H2,1-3H3,(H,28,34,35). The molecular weight excluding hydrogens is 460 g/mol. The predicted molar refractivity (Wildman–Crippen MR) is 140 cm³/mol. The third-order valence-corrected chi connectivity index (χ3v) is 7.09. The number of carbonyl (C=O) groups excluding carboxylic acids is 1. The maximum atomic E-state index is 13.5. The van der Waals surface area contributed by atoms with Gasteiger partial charge in [-0.25, -0.2) is 4.79 Å². The van der Waals surface area contributed by atoms with Crippen molar-refractivity contribution in [2.24, 2.45) is 0 Å². The highest BCUT2D eigenvalue weighted by molar-refractivity contribution is 5.96. The summed E-state index contributed by atoms with van der Waals surface area (Å²) >= 11 is 0. The molecule has 10 heteroatoms. The summed E-state index contributed by atoms with van der Waals surface area (Å²) in [4.78, 5) is 47.3. The van der Waals surface area contributed by atoms with E-state index in [4.69, 9.17) is 10.5 Å². The van der Waals surface area contributed by atoms with E-state index < -0.39 is 11.2 Å². The summed E-state index contributed by atoms with van der Waals surface area (Å²) in [5.74, 6) is -0.202. The van der Waals surface area contributed by atoms with E-state index in [1.54, 1.807) is 6.92 Å². The number of nitrogen functional groups attached to an aromatic ring is 1. The number of amides is 1. The van der Waals surface area contributed by atoms with E-state index in [9.17, 15) is 14.4 Å². The molecule has 10 nitrogen and oxygen atoms in total. The van der Waals surface area contributed by atoms with Crippen LogP contribution in [0.4, 0.5) is 11.5 Å². The van der Waals surface area contributed by atoms with Crippen molar-refractivity contribution in [1.29, 1.82) is 0 Å². The number of likely N-dealkylation sites (tertiary alicyclic amines) is 1. The van der Waals surface area contributed by atoms with Gasteiger partial charge in [0.05, 0.1) is 25.3 Å². The van der Waals surface area contributed by atoms with Crippen molar-refractivity contribution in [2.45, 2.75) is 58.4 Å². The Kier molecular flexibility index (Phi) is 8.28. The van der Waals surface area contributed by atoms with Crippen molar-refractivity contribution in [3.05, 3.63) is 56.7 Å². The topological polar surface area (TPSA) is 117 Å². The minimum atomic E-state index is -0.647. The normalized spacial score (nSPS) is 23.1. The van der Waals surface area contributed by atoms with E-state index in [0.29, 0.717) is 0 Å². The second-order valence-corrected chi connectivity index (χ2v) is 9.95.